The minimum Gasteiger partial charge on any atom is -0.465 e. The first-order chi connectivity index (χ1) is 12.5. The van der Waals surface area contributed by atoms with Crippen LogP contribution in [-0.2, 0) is 15.7 Å². The van der Waals surface area contributed by atoms with Crippen LogP contribution in [0, 0.1) is 17.4 Å². The van der Waals surface area contributed by atoms with Gasteiger partial charge >= 0.3 is 18.1 Å². The van der Waals surface area contributed by atoms with Gasteiger partial charge in [-0.1, -0.05) is 0 Å². The Morgan fingerprint density at radius 3 is 1.67 bits per heavy atom. The second-order valence-electron chi connectivity index (χ2n) is 5.47. The van der Waals surface area contributed by atoms with Gasteiger partial charge in [-0.3, -0.25) is 0 Å². The van der Waals surface area contributed by atoms with Crippen molar-refractivity contribution < 1.29 is 32.2 Å². The summed E-state index contributed by atoms with van der Waals surface area (Å²) < 4.78 is 47.2. The van der Waals surface area contributed by atoms with E-state index < -0.39 is 17.7 Å². The van der Waals surface area contributed by atoms with Gasteiger partial charge in [-0.15, -0.1) is 0 Å². The SMILES string of the molecule is COC(=O)c1ccc(C(F)(F)F)c(C)c1.COC(=O)c1ccc(I)c(C)c1. The third-order valence-electron chi connectivity index (χ3n) is 3.53. The molecule has 2 aromatic rings. The molecule has 2 rings (SSSR count). The predicted molar refractivity (Wildman–Crippen MR) is 103 cm³/mol. The lowest BCUT2D eigenvalue weighted by Gasteiger charge is -2.10. The maximum atomic E-state index is 12.3. The Bertz CT molecular complexity index is 832. The number of hydrogen-bond acceptors (Lipinski definition) is 4. The first kappa shape index (κ1) is 22.9. The van der Waals surface area contributed by atoms with E-state index in [1.54, 1.807) is 6.07 Å². The van der Waals surface area contributed by atoms with Crippen LogP contribution in [0.2, 0.25) is 0 Å². The van der Waals surface area contributed by atoms with Gasteiger partial charge in [-0.05, 0) is 84.0 Å². The number of benzene rings is 2. The van der Waals surface area contributed by atoms with E-state index in [0.717, 1.165) is 27.3 Å². The van der Waals surface area contributed by atoms with Gasteiger partial charge in [0.15, 0.2) is 0 Å². The molecule has 0 saturated heterocycles. The first-order valence-electron chi connectivity index (χ1n) is 7.61. The van der Waals surface area contributed by atoms with Crippen LogP contribution >= 0.6 is 22.6 Å². The molecule has 0 atom stereocenters. The molecule has 0 amide bonds. The second-order valence-corrected chi connectivity index (χ2v) is 6.64. The number of carbonyl (C=O) groups excluding carboxylic acids is 2. The van der Waals surface area contributed by atoms with Crippen molar-refractivity contribution in [2.75, 3.05) is 14.2 Å². The van der Waals surface area contributed by atoms with Crippen LogP contribution in [-0.4, -0.2) is 26.2 Å². The summed E-state index contributed by atoms with van der Waals surface area (Å²) in [5, 5.41) is 0. The average Bonchev–Trinajstić information content (AvgIpc) is 2.62. The molecule has 0 unspecified atom stereocenters. The Kier molecular flexibility index (Phi) is 8.26. The fourth-order valence-corrected chi connectivity index (χ4v) is 2.45. The van der Waals surface area contributed by atoms with Crippen LogP contribution in [0.1, 0.15) is 37.4 Å². The molecular weight excluding hydrogens is 476 g/mol. The van der Waals surface area contributed by atoms with Crippen LogP contribution in [0.15, 0.2) is 36.4 Å². The van der Waals surface area contributed by atoms with Crippen LogP contribution < -0.4 is 0 Å². The van der Waals surface area contributed by atoms with E-state index in [0.29, 0.717) is 5.56 Å². The Morgan fingerprint density at radius 1 is 0.852 bits per heavy atom. The maximum absolute atomic E-state index is 12.3. The van der Waals surface area contributed by atoms with E-state index >= 15 is 0 Å². The van der Waals surface area contributed by atoms with E-state index in [9.17, 15) is 22.8 Å². The zero-order valence-electron chi connectivity index (χ0n) is 15.1. The number of rotatable bonds is 2. The highest BCUT2D eigenvalue weighted by molar-refractivity contribution is 14.1. The number of halogens is 4. The molecule has 0 aliphatic carbocycles. The fourth-order valence-electron chi connectivity index (χ4n) is 2.12. The summed E-state index contributed by atoms with van der Waals surface area (Å²) in [6.45, 7) is 3.27. The summed E-state index contributed by atoms with van der Waals surface area (Å²) in [4.78, 5) is 22.1. The zero-order chi connectivity index (χ0) is 20.8. The zero-order valence-corrected chi connectivity index (χ0v) is 17.3. The summed E-state index contributed by atoms with van der Waals surface area (Å²) in [6, 6.07) is 8.63. The van der Waals surface area contributed by atoms with Gasteiger partial charge in [0.25, 0.3) is 0 Å². The van der Waals surface area contributed by atoms with E-state index in [-0.39, 0.29) is 17.1 Å². The molecule has 0 bridgehead atoms. The molecule has 0 fully saturated rings. The van der Waals surface area contributed by atoms with Gasteiger partial charge < -0.3 is 9.47 Å². The summed E-state index contributed by atoms with van der Waals surface area (Å²) in [7, 11) is 2.56. The number of methoxy groups -OCH3 is 2. The van der Waals surface area contributed by atoms with Gasteiger partial charge in [0, 0.05) is 3.57 Å². The fraction of sp³-hybridized carbons (Fsp3) is 0.263. The number of ether oxygens (including phenoxy) is 2. The Morgan fingerprint density at radius 2 is 1.30 bits per heavy atom. The standard InChI is InChI=1S/C10H9F3O2.C9H9IO2/c1-6-5-7(9(14)15-2)3-4-8(6)10(11,12)13;1-6-5-7(9(11)12-2)3-4-8(6)10/h3-5H,1-2H3;3-5H,1-2H3. The van der Waals surface area contributed by atoms with Crippen molar-refractivity contribution in [3.63, 3.8) is 0 Å². The van der Waals surface area contributed by atoms with Crippen molar-refractivity contribution >= 4 is 34.5 Å². The lowest BCUT2D eigenvalue weighted by atomic mass is 10.0. The molecule has 4 nitrogen and oxygen atoms in total. The Balaban J connectivity index is 0.000000277. The molecule has 27 heavy (non-hydrogen) atoms. The maximum Gasteiger partial charge on any atom is 0.416 e. The monoisotopic (exact) mass is 494 g/mol. The van der Waals surface area contributed by atoms with Crippen LogP contribution in [0.4, 0.5) is 13.2 Å². The molecule has 0 saturated carbocycles. The number of carbonyl (C=O) groups is 2. The number of alkyl halides is 3. The lowest BCUT2D eigenvalue weighted by Crippen LogP contribution is -2.09. The summed E-state index contributed by atoms with van der Waals surface area (Å²) in [5.74, 6) is -0.929. The van der Waals surface area contributed by atoms with Gasteiger partial charge in [0.2, 0.25) is 0 Å². The van der Waals surface area contributed by atoms with Gasteiger partial charge in [0.05, 0.1) is 30.9 Å². The minimum atomic E-state index is -4.39. The van der Waals surface area contributed by atoms with Crippen molar-refractivity contribution in [1.82, 2.24) is 0 Å². The number of aryl methyl sites for hydroxylation is 2. The molecular formula is C19H18F3IO4. The average molecular weight is 494 g/mol. The van der Waals surface area contributed by atoms with E-state index in [2.05, 4.69) is 32.1 Å². The highest BCUT2D eigenvalue weighted by Crippen LogP contribution is 2.32. The van der Waals surface area contributed by atoms with Gasteiger partial charge in [0.1, 0.15) is 0 Å². The smallest absolute Gasteiger partial charge is 0.416 e. The molecule has 0 aliphatic rings. The van der Waals surface area contributed by atoms with E-state index in [1.807, 2.05) is 19.1 Å². The van der Waals surface area contributed by atoms with Crippen molar-refractivity contribution in [3.8, 4) is 0 Å². The van der Waals surface area contributed by atoms with Crippen LogP contribution in [0.25, 0.3) is 0 Å². The Labute approximate surface area is 168 Å². The largest absolute Gasteiger partial charge is 0.465 e. The van der Waals surface area contributed by atoms with Crippen LogP contribution in [0.3, 0.4) is 0 Å². The lowest BCUT2D eigenvalue weighted by molar-refractivity contribution is -0.138. The molecule has 2 aromatic carbocycles. The number of hydrogen-bond donors (Lipinski definition) is 0. The molecule has 0 aliphatic heterocycles. The molecule has 0 spiro atoms. The highest BCUT2D eigenvalue weighted by Gasteiger charge is 2.32. The van der Waals surface area contributed by atoms with Gasteiger partial charge in [-0.25, -0.2) is 9.59 Å². The van der Waals surface area contributed by atoms with Crippen molar-refractivity contribution in [2.24, 2.45) is 0 Å². The molecule has 0 radical (unpaired) electrons. The van der Waals surface area contributed by atoms with Gasteiger partial charge in [-0.2, -0.15) is 13.2 Å². The first-order valence-corrected chi connectivity index (χ1v) is 8.69. The number of esters is 2. The quantitative estimate of drug-likeness (QED) is 0.426. The van der Waals surface area contributed by atoms with Crippen molar-refractivity contribution in [1.29, 1.82) is 0 Å². The summed E-state index contributed by atoms with van der Waals surface area (Å²) in [5.41, 5.74) is 1.08. The third kappa shape index (κ3) is 6.53. The van der Waals surface area contributed by atoms with E-state index in [4.69, 9.17) is 0 Å². The van der Waals surface area contributed by atoms with Crippen molar-refractivity contribution in [2.45, 2.75) is 20.0 Å². The highest BCUT2D eigenvalue weighted by atomic mass is 127. The van der Waals surface area contributed by atoms with Crippen LogP contribution in [0.5, 0.6) is 0 Å². The topological polar surface area (TPSA) is 52.6 Å². The second kappa shape index (κ2) is 9.72. The Hall–Kier alpha value is -2.10. The predicted octanol–water partition coefficient (Wildman–Crippen LogP) is 5.19. The molecule has 0 aromatic heterocycles. The summed E-state index contributed by atoms with van der Waals surface area (Å²) in [6.07, 6.45) is -4.39. The van der Waals surface area contributed by atoms with Crippen molar-refractivity contribution in [3.05, 3.63) is 67.8 Å². The third-order valence-corrected chi connectivity index (χ3v) is 4.74. The molecule has 0 heterocycles. The minimum absolute atomic E-state index is 0.00500. The molecule has 0 N–H and O–H groups in total. The molecule has 146 valence electrons. The van der Waals surface area contributed by atoms with E-state index in [1.165, 1.54) is 21.1 Å². The summed E-state index contributed by atoms with van der Waals surface area (Å²) >= 11 is 2.22. The normalized spacial score (nSPS) is 10.5. The molecule has 8 heteroatoms.